The summed E-state index contributed by atoms with van der Waals surface area (Å²) in [5, 5.41) is 12.7. The van der Waals surface area contributed by atoms with E-state index in [-0.39, 0.29) is 23.1 Å². The molecule has 84 valence electrons. The predicted molar refractivity (Wildman–Crippen MR) is 56.0 cm³/mol. The molecule has 1 fully saturated rings. The fourth-order valence-corrected chi connectivity index (χ4v) is 3.31. The first-order valence-electron chi connectivity index (χ1n) is 4.92. The maximum absolute atomic E-state index is 11.2. The molecule has 1 saturated heterocycles. The number of hydrogen-bond donors (Lipinski definition) is 2. The van der Waals surface area contributed by atoms with Gasteiger partial charge in [-0.1, -0.05) is 6.92 Å². The van der Waals surface area contributed by atoms with E-state index in [1.54, 1.807) is 0 Å². The van der Waals surface area contributed by atoms with Crippen LogP contribution >= 0.6 is 0 Å². The number of hydrogen-bond acceptors (Lipinski definition) is 4. The highest BCUT2D eigenvalue weighted by Crippen LogP contribution is 2.17. The van der Waals surface area contributed by atoms with E-state index in [0.717, 1.165) is 6.42 Å². The molecule has 0 aromatic heterocycles. The summed E-state index contributed by atoms with van der Waals surface area (Å²) in [7, 11) is -3.04. The van der Waals surface area contributed by atoms with Gasteiger partial charge in [-0.05, 0) is 20.3 Å². The van der Waals surface area contributed by atoms with Gasteiger partial charge >= 0.3 is 0 Å². The summed E-state index contributed by atoms with van der Waals surface area (Å²) in [6.07, 6.45) is 0.141. The van der Waals surface area contributed by atoms with Gasteiger partial charge in [0.1, 0.15) is 0 Å². The molecule has 1 heterocycles. The van der Waals surface area contributed by atoms with E-state index in [2.05, 4.69) is 5.32 Å². The van der Waals surface area contributed by atoms with E-state index in [1.165, 1.54) is 0 Å². The van der Waals surface area contributed by atoms with Crippen molar-refractivity contribution in [3.63, 3.8) is 0 Å². The van der Waals surface area contributed by atoms with Crippen LogP contribution in [0.2, 0.25) is 0 Å². The van der Waals surface area contributed by atoms with Gasteiger partial charge in [0.05, 0.1) is 17.6 Å². The summed E-state index contributed by atoms with van der Waals surface area (Å²) in [5.41, 5.74) is -0.120. The highest BCUT2D eigenvalue weighted by molar-refractivity contribution is 7.91. The minimum atomic E-state index is -3.04. The molecule has 5 heteroatoms. The van der Waals surface area contributed by atoms with Crippen LogP contribution in [0.5, 0.6) is 0 Å². The van der Waals surface area contributed by atoms with Crippen LogP contribution in [-0.2, 0) is 9.84 Å². The lowest BCUT2D eigenvalue weighted by Crippen LogP contribution is -2.50. The maximum atomic E-state index is 11.2. The zero-order chi connectivity index (χ0) is 11.0. The van der Waals surface area contributed by atoms with Gasteiger partial charge in [0.15, 0.2) is 9.84 Å². The van der Waals surface area contributed by atoms with E-state index in [9.17, 15) is 13.5 Å². The van der Waals surface area contributed by atoms with Crippen molar-refractivity contribution < 1.29 is 13.5 Å². The molecule has 0 aromatic carbocycles. The van der Waals surface area contributed by atoms with Gasteiger partial charge < -0.3 is 10.4 Å². The van der Waals surface area contributed by atoms with E-state index in [0.29, 0.717) is 0 Å². The van der Waals surface area contributed by atoms with Crippen LogP contribution < -0.4 is 5.32 Å². The van der Waals surface area contributed by atoms with Crippen LogP contribution in [0.25, 0.3) is 0 Å². The third kappa shape index (κ3) is 2.93. The minimum Gasteiger partial charge on any atom is -0.390 e. The Bertz CT molecular complexity index is 297. The van der Waals surface area contributed by atoms with Crippen molar-refractivity contribution >= 4 is 9.84 Å². The number of rotatable bonds is 3. The summed E-state index contributed by atoms with van der Waals surface area (Å²) in [5.74, 6) is -0.0535. The molecule has 1 rings (SSSR count). The van der Waals surface area contributed by atoms with Gasteiger partial charge in [0.25, 0.3) is 0 Å². The first kappa shape index (κ1) is 11.9. The summed E-state index contributed by atoms with van der Waals surface area (Å²) in [6, 6.07) is -0.310. The average molecular weight is 221 g/mol. The van der Waals surface area contributed by atoms with E-state index in [1.807, 2.05) is 20.8 Å². The lowest BCUT2D eigenvalue weighted by molar-refractivity contribution is 0.146. The Hall–Kier alpha value is -0.130. The van der Waals surface area contributed by atoms with E-state index in [4.69, 9.17) is 0 Å². The number of sulfone groups is 1. The Morgan fingerprint density at radius 2 is 2.00 bits per heavy atom. The van der Waals surface area contributed by atoms with Crippen molar-refractivity contribution in [3.05, 3.63) is 0 Å². The molecule has 0 saturated carbocycles. The minimum absolute atomic E-state index is 0.0532. The van der Waals surface area contributed by atoms with Crippen LogP contribution in [0.1, 0.15) is 27.2 Å². The Balaban J connectivity index is 2.64. The summed E-state index contributed by atoms with van der Waals surface area (Å²) < 4.78 is 22.5. The van der Waals surface area contributed by atoms with Crippen LogP contribution in [0.4, 0.5) is 0 Å². The largest absolute Gasteiger partial charge is 0.390 e. The first-order valence-corrected chi connectivity index (χ1v) is 6.74. The fourth-order valence-electron chi connectivity index (χ4n) is 1.57. The van der Waals surface area contributed by atoms with Crippen molar-refractivity contribution in [2.45, 2.75) is 44.9 Å². The zero-order valence-corrected chi connectivity index (χ0v) is 9.76. The SMILES string of the molecule is CCC(C)(C)NC1CS(=O)(=O)CC1O. The van der Waals surface area contributed by atoms with Gasteiger partial charge in [0, 0.05) is 11.6 Å². The molecule has 0 aliphatic carbocycles. The Kier molecular flexibility index (Phi) is 3.23. The molecular formula is C9H19NO3S. The number of aliphatic hydroxyl groups excluding tert-OH is 1. The van der Waals surface area contributed by atoms with Crippen molar-refractivity contribution in [1.82, 2.24) is 5.32 Å². The zero-order valence-electron chi connectivity index (χ0n) is 8.95. The number of aliphatic hydroxyl groups is 1. The molecule has 0 radical (unpaired) electrons. The molecule has 1 aliphatic rings. The molecule has 0 aromatic rings. The second-order valence-electron chi connectivity index (χ2n) is 4.63. The standard InChI is InChI=1S/C9H19NO3S/c1-4-9(2,3)10-7-5-14(12,13)6-8(7)11/h7-8,10-11H,4-6H2,1-3H3. The molecule has 0 bridgehead atoms. The summed E-state index contributed by atoms with van der Waals surface area (Å²) >= 11 is 0. The highest BCUT2D eigenvalue weighted by atomic mass is 32.2. The second kappa shape index (κ2) is 3.79. The fraction of sp³-hybridized carbons (Fsp3) is 1.00. The molecule has 2 N–H and O–H groups in total. The van der Waals surface area contributed by atoms with Gasteiger partial charge in [0.2, 0.25) is 0 Å². The average Bonchev–Trinajstić information content (AvgIpc) is 2.24. The highest BCUT2D eigenvalue weighted by Gasteiger charge is 2.38. The van der Waals surface area contributed by atoms with Crippen molar-refractivity contribution in [2.24, 2.45) is 0 Å². The Labute approximate surface area is 85.6 Å². The summed E-state index contributed by atoms with van der Waals surface area (Å²) in [4.78, 5) is 0. The lowest BCUT2D eigenvalue weighted by Gasteiger charge is -2.29. The molecule has 14 heavy (non-hydrogen) atoms. The van der Waals surface area contributed by atoms with Crippen LogP contribution in [0.15, 0.2) is 0 Å². The predicted octanol–water partition coefficient (Wildman–Crippen LogP) is -0.0775. The van der Waals surface area contributed by atoms with Crippen molar-refractivity contribution in [2.75, 3.05) is 11.5 Å². The monoisotopic (exact) mass is 221 g/mol. The normalized spacial score (nSPS) is 32.0. The Morgan fingerprint density at radius 3 is 2.36 bits per heavy atom. The summed E-state index contributed by atoms with van der Waals surface area (Å²) in [6.45, 7) is 6.04. The van der Waals surface area contributed by atoms with Gasteiger partial charge in [-0.3, -0.25) is 0 Å². The molecular weight excluding hydrogens is 202 g/mol. The van der Waals surface area contributed by atoms with Crippen LogP contribution in [0.3, 0.4) is 0 Å². The Morgan fingerprint density at radius 1 is 1.43 bits per heavy atom. The third-order valence-electron chi connectivity index (χ3n) is 2.78. The third-order valence-corrected chi connectivity index (χ3v) is 4.50. The number of nitrogens with one attached hydrogen (secondary N) is 1. The van der Waals surface area contributed by atoms with Crippen LogP contribution in [-0.4, -0.2) is 42.7 Å². The molecule has 4 nitrogen and oxygen atoms in total. The van der Waals surface area contributed by atoms with Gasteiger partial charge in [-0.2, -0.15) is 0 Å². The molecule has 1 aliphatic heterocycles. The first-order chi connectivity index (χ1) is 6.26. The van der Waals surface area contributed by atoms with Crippen molar-refractivity contribution in [3.8, 4) is 0 Å². The second-order valence-corrected chi connectivity index (χ2v) is 6.79. The topological polar surface area (TPSA) is 66.4 Å². The maximum Gasteiger partial charge on any atom is 0.154 e. The van der Waals surface area contributed by atoms with Crippen molar-refractivity contribution in [1.29, 1.82) is 0 Å². The van der Waals surface area contributed by atoms with Gasteiger partial charge in [-0.15, -0.1) is 0 Å². The lowest BCUT2D eigenvalue weighted by atomic mass is 10.00. The molecule has 2 unspecified atom stereocenters. The quantitative estimate of drug-likeness (QED) is 0.700. The van der Waals surface area contributed by atoms with E-state index >= 15 is 0 Å². The van der Waals surface area contributed by atoms with E-state index < -0.39 is 15.9 Å². The van der Waals surface area contributed by atoms with Gasteiger partial charge in [-0.25, -0.2) is 8.42 Å². The molecule has 0 spiro atoms. The smallest absolute Gasteiger partial charge is 0.154 e. The van der Waals surface area contributed by atoms with Crippen LogP contribution in [0, 0.1) is 0 Å². The molecule has 0 amide bonds. The molecule has 2 atom stereocenters.